The third kappa shape index (κ3) is 7.75. The number of halogens is 1. The molecule has 4 heteroatoms. The van der Waals surface area contributed by atoms with Crippen molar-refractivity contribution in [2.75, 3.05) is 31.6 Å². The molecule has 0 aromatic heterocycles. The van der Waals surface area contributed by atoms with Crippen molar-refractivity contribution in [1.29, 1.82) is 0 Å². The van der Waals surface area contributed by atoms with Crippen LogP contribution in [-0.2, 0) is 0 Å². The molecule has 0 aliphatic rings. The predicted molar refractivity (Wildman–Crippen MR) is 88.2 cm³/mol. The molecule has 0 fully saturated rings. The minimum atomic E-state index is 0.660. The molecule has 1 rings (SSSR count). The van der Waals surface area contributed by atoms with Gasteiger partial charge < -0.3 is 14.8 Å². The highest BCUT2D eigenvalue weighted by atomic mass is 79.9. The Hall–Kier alpha value is -0.740. The Kier molecular flexibility index (Phi) is 10.4. The summed E-state index contributed by atoms with van der Waals surface area (Å²) < 4.78 is 11.3. The summed E-state index contributed by atoms with van der Waals surface area (Å²) in [6.07, 6.45) is 5.12. The minimum absolute atomic E-state index is 0.660. The van der Waals surface area contributed by atoms with Gasteiger partial charge in [-0.2, -0.15) is 0 Å². The maximum Gasteiger partial charge on any atom is 0.161 e. The maximum absolute atomic E-state index is 5.74. The lowest BCUT2D eigenvalue weighted by Crippen LogP contribution is -2.22. The van der Waals surface area contributed by atoms with Gasteiger partial charge in [-0.25, -0.2) is 0 Å². The van der Waals surface area contributed by atoms with Crippen molar-refractivity contribution in [3.8, 4) is 11.5 Å². The summed E-state index contributed by atoms with van der Waals surface area (Å²) >= 11 is 3.45. The van der Waals surface area contributed by atoms with Crippen molar-refractivity contribution in [1.82, 2.24) is 5.32 Å². The summed E-state index contributed by atoms with van der Waals surface area (Å²) in [5.74, 6) is 1.65. The largest absolute Gasteiger partial charge is 0.490 e. The number of para-hydroxylation sites is 2. The molecule has 0 radical (unpaired) electrons. The van der Waals surface area contributed by atoms with Crippen LogP contribution in [0.1, 0.15) is 32.6 Å². The zero-order chi connectivity index (χ0) is 14.5. The SMILES string of the molecule is CCOc1ccccc1OCCNCCCCCCBr. The van der Waals surface area contributed by atoms with E-state index in [0.29, 0.717) is 13.2 Å². The van der Waals surface area contributed by atoms with E-state index in [2.05, 4.69) is 21.2 Å². The van der Waals surface area contributed by atoms with Crippen LogP contribution < -0.4 is 14.8 Å². The highest BCUT2D eigenvalue weighted by Gasteiger charge is 2.02. The first kappa shape index (κ1) is 17.3. The molecule has 114 valence electrons. The van der Waals surface area contributed by atoms with Crippen molar-refractivity contribution >= 4 is 15.9 Å². The Balaban J connectivity index is 2.06. The first-order valence-corrected chi connectivity index (χ1v) is 8.62. The minimum Gasteiger partial charge on any atom is -0.490 e. The van der Waals surface area contributed by atoms with Crippen LogP contribution >= 0.6 is 15.9 Å². The molecule has 1 aromatic carbocycles. The zero-order valence-electron chi connectivity index (χ0n) is 12.4. The van der Waals surface area contributed by atoms with Crippen molar-refractivity contribution in [3.05, 3.63) is 24.3 Å². The molecule has 0 bridgehead atoms. The molecule has 1 aromatic rings. The fourth-order valence-corrected chi connectivity index (χ4v) is 2.30. The van der Waals surface area contributed by atoms with Gasteiger partial charge in [-0.3, -0.25) is 0 Å². The van der Waals surface area contributed by atoms with Crippen LogP contribution in [0.15, 0.2) is 24.3 Å². The number of alkyl halides is 1. The van der Waals surface area contributed by atoms with Crippen molar-refractivity contribution in [2.24, 2.45) is 0 Å². The predicted octanol–water partition coefficient (Wildman–Crippen LogP) is 4.01. The summed E-state index contributed by atoms with van der Waals surface area (Å²) in [5.41, 5.74) is 0. The third-order valence-electron chi connectivity index (χ3n) is 2.92. The molecule has 1 N–H and O–H groups in total. The van der Waals surface area contributed by atoms with Crippen molar-refractivity contribution in [2.45, 2.75) is 32.6 Å². The first-order valence-electron chi connectivity index (χ1n) is 7.49. The van der Waals surface area contributed by atoms with Gasteiger partial charge in [-0.15, -0.1) is 0 Å². The quantitative estimate of drug-likeness (QED) is 0.459. The Morgan fingerprint density at radius 1 is 0.950 bits per heavy atom. The molecule has 3 nitrogen and oxygen atoms in total. The normalized spacial score (nSPS) is 10.5. The van der Waals surface area contributed by atoms with E-state index < -0.39 is 0 Å². The van der Waals surface area contributed by atoms with Gasteiger partial charge in [0.15, 0.2) is 11.5 Å². The number of ether oxygens (including phenoxy) is 2. The lowest BCUT2D eigenvalue weighted by Gasteiger charge is -2.11. The zero-order valence-corrected chi connectivity index (χ0v) is 14.0. The molecule has 20 heavy (non-hydrogen) atoms. The van der Waals surface area contributed by atoms with Crippen LogP contribution in [0, 0.1) is 0 Å². The third-order valence-corrected chi connectivity index (χ3v) is 3.48. The summed E-state index contributed by atoms with van der Waals surface area (Å²) in [5, 5.41) is 4.53. The number of hydrogen-bond donors (Lipinski definition) is 1. The van der Waals surface area contributed by atoms with Crippen LogP contribution in [0.4, 0.5) is 0 Å². The van der Waals surface area contributed by atoms with Crippen molar-refractivity contribution in [3.63, 3.8) is 0 Å². The highest BCUT2D eigenvalue weighted by molar-refractivity contribution is 9.09. The molecule has 0 saturated carbocycles. The van der Waals surface area contributed by atoms with E-state index in [-0.39, 0.29) is 0 Å². The van der Waals surface area contributed by atoms with Gasteiger partial charge in [0.1, 0.15) is 6.61 Å². The van der Waals surface area contributed by atoms with Crippen LogP contribution in [0.5, 0.6) is 11.5 Å². The van der Waals surface area contributed by atoms with E-state index in [9.17, 15) is 0 Å². The van der Waals surface area contributed by atoms with E-state index in [0.717, 1.165) is 29.9 Å². The lowest BCUT2D eigenvalue weighted by molar-refractivity contribution is 0.275. The van der Waals surface area contributed by atoms with Gasteiger partial charge in [0.05, 0.1) is 6.61 Å². The Morgan fingerprint density at radius 2 is 1.65 bits per heavy atom. The molecular formula is C16H26BrNO2. The van der Waals surface area contributed by atoms with Crippen LogP contribution in [0.2, 0.25) is 0 Å². The molecule has 0 aliphatic heterocycles. The van der Waals surface area contributed by atoms with E-state index in [1.54, 1.807) is 0 Å². The van der Waals surface area contributed by atoms with Crippen molar-refractivity contribution < 1.29 is 9.47 Å². The molecule has 0 spiro atoms. The summed E-state index contributed by atoms with van der Waals surface area (Å²) in [4.78, 5) is 0. The monoisotopic (exact) mass is 343 g/mol. The van der Waals surface area contributed by atoms with Crippen LogP contribution in [-0.4, -0.2) is 31.6 Å². The molecule has 0 saturated heterocycles. The second-order valence-corrected chi connectivity index (χ2v) is 5.37. The second kappa shape index (κ2) is 12.0. The van der Waals surface area contributed by atoms with Crippen LogP contribution in [0.3, 0.4) is 0 Å². The fourth-order valence-electron chi connectivity index (χ4n) is 1.90. The van der Waals surface area contributed by atoms with Gasteiger partial charge in [-0.05, 0) is 38.4 Å². The van der Waals surface area contributed by atoms with Gasteiger partial charge in [0.2, 0.25) is 0 Å². The first-order chi connectivity index (χ1) is 9.88. The molecule has 0 heterocycles. The molecular weight excluding hydrogens is 318 g/mol. The maximum atomic E-state index is 5.74. The fraction of sp³-hybridized carbons (Fsp3) is 0.625. The lowest BCUT2D eigenvalue weighted by atomic mass is 10.2. The summed E-state index contributed by atoms with van der Waals surface area (Å²) in [7, 11) is 0. The number of hydrogen-bond acceptors (Lipinski definition) is 3. The van der Waals surface area contributed by atoms with E-state index >= 15 is 0 Å². The molecule has 0 unspecified atom stereocenters. The van der Waals surface area contributed by atoms with E-state index in [4.69, 9.17) is 9.47 Å². The van der Waals surface area contributed by atoms with Gasteiger partial charge in [-0.1, -0.05) is 40.9 Å². The highest BCUT2D eigenvalue weighted by Crippen LogP contribution is 2.25. The van der Waals surface area contributed by atoms with Gasteiger partial charge >= 0.3 is 0 Å². The van der Waals surface area contributed by atoms with Gasteiger partial charge in [0, 0.05) is 11.9 Å². The second-order valence-electron chi connectivity index (χ2n) is 4.58. The van der Waals surface area contributed by atoms with Gasteiger partial charge in [0.25, 0.3) is 0 Å². The topological polar surface area (TPSA) is 30.5 Å². The molecule has 0 atom stereocenters. The smallest absolute Gasteiger partial charge is 0.161 e. The molecule has 0 amide bonds. The van der Waals surface area contributed by atoms with E-state index in [1.165, 1.54) is 25.7 Å². The molecule has 0 aliphatic carbocycles. The number of nitrogens with one attached hydrogen (secondary N) is 1. The average molecular weight is 344 g/mol. The number of benzene rings is 1. The number of unbranched alkanes of at least 4 members (excludes halogenated alkanes) is 3. The standard InChI is InChI=1S/C16H26BrNO2/c1-2-19-15-9-5-6-10-16(15)20-14-13-18-12-8-4-3-7-11-17/h5-6,9-10,18H,2-4,7-8,11-14H2,1H3. The Labute approximate surface area is 131 Å². The Bertz CT molecular complexity index is 347. The van der Waals surface area contributed by atoms with E-state index in [1.807, 2.05) is 31.2 Å². The summed E-state index contributed by atoms with van der Waals surface area (Å²) in [6, 6.07) is 7.82. The van der Waals surface area contributed by atoms with Crippen LogP contribution in [0.25, 0.3) is 0 Å². The Morgan fingerprint density at radius 3 is 2.35 bits per heavy atom. The average Bonchev–Trinajstić information content (AvgIpc) is 2.47. The number of rotatable bonds is 12. The summed E-state index contributed by atoms with van der Waals surface area (Å²) in [6.45, 7) is 5.25.